The van der Waals surface area contributed by atoms with Crippen LogP contribution in [0.4, 0.5) is 5.69 Å². The number of nitrogen functional groups attached to an aromatic ring is 1. The zero-order chi connectivity index (χ0) is 9.42. The van der Waals surface area contributed by atoms with Crippen LogP contribution in [0.1, 0.15) is 17.4 Å². The number of aryl methyl sites for hydroxylation is 2. The molecule has 0 aliphatic heterocycles. The van der Waals surface area contributed by atoms with Gasteiger partial charge in [-0.3, -0.25) is 0 Å². The Labute approximate surface area is 82.2 Å². The van der Waals surface area contributed by atoms with Crippen molar-refractivity contribution in [3.05, 3.63) is 28.6 Å². The van der Waals surface area contributed by atoms with Crippen molar-refractivity contribution in [2.45, 2.75) is 20.3 Å². The van der Waals surface area contributed by atoms with Gasteiger partial charge in [0.2, 0.25) is 0 Å². The predicted octanol–water partition coefficient (Wildman–Crippen LogP) is 3.35. The van der Waals surface area contributed by atoms with Crippen molar-refractivity contribution in [2.75, 3.05) is 5.73 Å². The van der Waals surface area contributed by atoms with E-state index in [9.17, 15) is 0 Å². The maximum absolute atomic E-state index is 5.81. The van der Waals surface area contributed by atoms with E-state index >= 15 is 0 Å². The number of rotatable bonds is 1. The monoisotopic (exact) mass is 191 g/mol. The van der Waals surface area contributed by atoms with Crippen LogP contribution in [-0.2, 0) is 6.42 Å². The molecule has 0 aliphatic rings. The van der Waals surface area contributed by atoms with Crippen LogP contribution in [-0.4, -0.2) is 0 Å². The molecule has 0 radical (unpaired) electrons. The second-order valence-electron chi connectivity index (χ2n) is 3.31. The fourth-order valence-corrected chi connectivity index (χ4v) is 2.72. The van der Waals surface area contributed by atoms with E-state index in [0.29, 0.717) is 0 Å². The van der Waals surface area contributed by atoms with Gasteiger partial charge in [-0.2, -0.15) is 0 Å². The van der Waals surface area contributed by atoms with E-state index in [1.807, 2.05) is 11.3 Å². The number of hydrogen-bond acceptors (Lipinski definition) is 2. The summed E-state index contributed by atoms with van der Waals surface area (Å²) in [6.07, 6.45) is 1.06. The second-order valence-corrected chi connectivity index (χ2v) is 4.57. The fourth-order valence-electron chi connectivity index (χ4n) is 1.64. The Morgan fingerprint density at radius 1 is 1.31 bits per heavy atom. The van der Waals surface area contributed by atoms with Gasteiger partial charge in [0.1, 0.15) is 0 Å². The van der Waals surface area contributed by atoms with Crippen molar-refractivity contribution >= 4 is 27.1 Å². The molecule has 0 atom stereocenters. The largest absolute Gasteiger partial charge is 0.399 e. The summed E-state index contributed by atoms with van der Waals surface area (Å²) in [4.78, 5) is 1.36. The minimum absolute atomic E-state index is 0.877. The highest BCUT2D eigenvalue weighted by atomic mass is 32.1. The first-order valence-corrected chi connectivity index (χ1v) is 5.31. The summed E-state index contributed by atoms with van der Waals surface area (Å²) in [6, 6.07) is 6.34. The molecule has 0 unspecified atom stereocenters. The van der Waals surface area contributed by atoms with E-state index < -0.39 is 0 Å². The standard InChI is InChI=1S/C11H13NS/c1-3-8-5-10(12)6-9-4-7(2)13-11(8)9/h4-6H,3,12H2,1-2H3. The number of fused-ring (bicyclic) bond motifs is 1. The van der Waals surface area contributed by atoms with Crippen LogP contribution in [0.2, 0.25) is 0 Å². The summed E-state index contributed by atoms with van der Waals surface area (Å²) in [5, 5.41) is 1.29. The Kier molecular flexibility index (Phi) is 2.00. The molecule has 2 rings (SSSR count). The Bertz CT molecular complexity index is 443. The topological polar surface area (TPSA) is 26.0 Å². The Balaban J connectivity index is 2.80. The minimum Gasteiger partial charge on any atom is -0.399 e. The van der Waals surface area contributed by atoms with Crippen LogP contribution in [0.15, 0.2) is 18.2 Å². The van der Waals surface area contributed by atoms with Crippen LogP contribution in [0.25, 0.3) is 10.1 Å². The van der Waals surface area contributed by atoms with Gasteiger partial charge in [0.05, 0.1) is 0 Å². The minimum atomic E-state index is 0.877. The van der Waals surface area contributed by atoms with E-state index in [0.717, 1.165) is 12.1 Å². The number of hydrogen-bond donors (Lipinski definition) is 1. The lowest BCUT2D eigenvalue weighted by Crippen LogP contribution is -1.87. The molecular formula is C11H13NS. The molecule has 1 aromatic heterocycles. The Morgan fingerprint density at radius 3 is 2.77 bits per heavy atom. The van der Waals surface area contributed by atoms with E-state index in [1.165, 1.54) is 20.5 Å². The molecule has 0 spiro atoms. The molecule has 13 heavy (non-hydrogen) atoms. The average molecular weight is 191 g/mol. The SMILES string of the molecule is CCc1cc(N)cc2cc(C)sc12. The van der Waals surface area contributed by atoms with E-state index in [1.54, 1.807) is 0 Å². The highest BCUT2D eigenvalue weighted by molar-refractivity contribution is 7.19. The fraction of sp³-hybridized carbons (Fsp3) is 0.273. The third-order valence-electron chi connectivity index (χ3n) is 2.22. The van der Waals surface area contributed by atoms with Gasteiger partial charge in [0.25, 0.3) is 0 Å². The van der Waals surface area contributed by atoms with E-state index in [-0.39, 0.29) is 0 Å². The average Bonchev–Trinajstić information content (AvgIpc) is 2.43. The quantitative estimate of drug-likeness (QED) is 0.687. The summed E-state index contributed by atoms with van der Waals surface area (Å²) in [5.74, 6) is 0. The van der Waals surface area contributed by atoms with Gasteiger partial charge in [0, 0.05) is 15.3 Å². The maximum Gasteiger partial charge on any atom is 0.0378 e. The van der Waals surface area contributed by atoms with Gasteiger partial charge in [-0.15, -0.1) is 11.3 Å². The van der Waals surface area contributed by atoms with Gasteiger partial charge < -0.3 is 5.73 Å². The highest BCUT2D eigenvalue weighted by Crippen LogP contribution is 2.30. The molecule has 68 valence electrons. The lowest BCUT2D eigenvalue weighted by atomic mass is 10.1. The molecule has 0 amide bonds. The third-order valence-corrected chi connectivity index (χ3v) is 3.36. The lowest BCUT2D eigenvalue weighted by Gasteiger charge is -2.00. The normalized spacial score (nSPS) is 10.9. The van der Waals surface area contributed by atoms with Crippen molar-refractivity contribution in [3.8, 4) is 0 Å². The van der Waals surface area contributed by atoms with Crippen molar-refractivity contribution < 1.29 is 0 Å². The van der Waals surface area contributed by atoms with Crippen LogP contribution in [0.5, 0.6) is 0 Å². The molecule has 1 aromatic carbocycles. The second kappa shape index (κ2) is 3.04. The van der Waals surface area contributed by atoms with Gasteiger partial charge >= 0.3 is 0 Å². The molecule has 0 saturated heterocycles. The number of benzene rings is 1. The molecule has 1 heterocycles. The van der Waals surface area contributed by atoms with Crippen molar-refractivity contribution in [3.63, 3.8) is 0 Å². The molecule has 2 heteroatoms. The summed E-state index contributed by atoms with van der Waals surface area (Å²) >= 11 is 1.86. The molecule has 1 nitrogen and oxygen atoms in total. The molecular weight excluding hydrogens is 178 g/mol. The molecule has 0 aliphatic carbocycles. The number of nitrogens with two attached hydrogens (primary N) is 1. The molecule has 0 saturated carbocycles. The van der Waals surface area contributed by atoms with E-state index in [2.05, 4.69) is 32.0 Å². The zero-order valence-corrected chi connectivity index (χ0v) is 8.74. The predicted molar refractivity (Wildman–Crippen MR) is 60.4 cm³/mol. The molecule has 2 N–H and O–H groups in total. The van der Waals surface area contributed by atoms with Crippen LogP contribution in [0, 0.1) is 6.92 Å². The summed E-state index contributed by atoms with van der Waals surface area (Å²) in [7, 11) is 0. The lowest BCUT2D eigenvalue weighted by molar-refractivity contribution is 1.17. The Hall–Kier alpha value is -1.02. The van der Waals surface area contributed by atoms with Gasteiger partial charge in [0.15, 0.2) is 0 Å². The van der Waals surface area contributed by atoms with Crippen LogP contribution >= 0.6 is 11.3 Å². The van der Waals surface area contributed by atoms with Crippen LogP contribution < -0.4 is 5.73 Å². The van der Waals surface area contributed by atoms with Crippen molar-refractivity contribution in [1.29, 1.82) is 0 Å². The zero-order valence-electron chi connectivity index (χ0n) is 7.92. The molecule has 0 fully saturated rings. The maximum atomic E-state index is 5.81. The third kappa shape index (κ3) is 1.42. The smallest absolute Gasteiger partial charge is 0.0378 e. The Morgan fingerprint density at radius 2 is 2.08 bits per heavy atom. The molecule has 0 bridgehead atoms. The number of thiophene rings is 1. The van der Waals surface area contributed by atoms with E-state index in [4.69, 9.17) is 5.73 Å². The first-order chi connectivity index (χ1) is 6.20. The summed E-state index contributed by atoms with van der Waals surface area (Å²) in [5.41, 5.74) is 8.06. The summed E-state index contributed by atoms with van der Waals surface area (Å²) in [6.45, 7) is 4.31. The van der Waals surface area contributed by atoms with Crippen molar-refractivity contribution in [2.24, 2.45) is 0 Å². The first kappa shape index (κ1) is 8.57. The highest BCUT2D eigenvalue weighted by Gasteiger charge is 2.04. The van der Waals surface area contributed by atoms with Crippen molar-refractivity contribution in [1.82, 2.24) is 0 Å². The summed E-state index contributed by atoms with van der Waals surface area (Å²) < 4.78 is 1.40. The number of anilines is 1. The van der Waals surface area contributed by atoms with Crippen LogP contribution in [0.3, 0.4) is 0 Å². The molecule has 2 aromatic rings. The first-order valence-electron chi connectivity index (χ1n) is 4.49. The van der Waals surface area contributed by atoms with Gasteiger partial charge in [-0.25, -0.2) is 0 Å². The van der Waals surface area contributed by atoms with Gasteiger partial charge in [-0.1, -0.05) is 6.92 Å². The van der Waals surface area contributed by atoms with Gasteiger partial charge in [-0.05, 0) is 42.5 Å².